The van der Waals surface area contributed by atoms with Crippen molar-refractivity contribution in [3.05, 3.63) is 41.0 Å². The van der Waals surface area contributed by atoms with E-state index < -0.39 is 0 Å². The minimum absolute atomic E-state index is 0.204. The summed E-state index contributed by atoms with van der Waals surface area (Å²) in [5.74, 6) is 2.77. The first kappa shape index (κ1) is 17.2. The Morgan fingerprint density at radius 1 is 1.19 bits per heavy atom. The summed E-state index contributed by atoms with van der Waals surface area (Å²) in [5, 5.41) is 8.88. The van der Waals surface area contributed by atoms with E-state index in [1.54, 1.807) is 4.90 Å². The van der Waals surface area contributed by atoms with Crippen molar-refractivity contribution < 1.29 is 4.79 Å². The molecule has 4 rings (SSSR count). The highest BCUT2D eigenvalue weighted by Gasteiger charge is 2.29. The zero-order valence-corrected chi connectivity index (χ0v) is 16.1. The Hall–Kier alpha value is -2.21. The predicted octanol–water partition coefficient (Wildman–Crippen LogP) is 2.89. The second-order valence-corrected chi connectivity index (χ2v) is 7.79. The lowest BCUT2D eigenvalue weighted by Crippen LogP contribution is -2.37. The Kier molecular flexibility index (Phi) is 4.31. The van der Waals surface area contributed by atoms with Crippen molar-refractivity contribution in [3.8, 4) is 0 Å². The maximum absolute atomic E-state index is 11.9. The van der Waals surface area contributed by atoms with Gasteiger partial charge in [0.1, 0.15) is 11.6 Å². The smallest absolute Gasteiger partial charge is 0.227 e. The molecular formula is C20H27N5O. The minimum atomic E-state index is 0.204. The molecule has 3 heterocycles. The minimum Gasteiger partial charge on any atom is -0.315 e. The normalized spacial score (nSPS) is 20.4. The van der Waals surface area contributed by atoms with Crippen molar-refractivity contribution in [1.82, 2.24) is 19.7 Å². The monoisotopic (exact) mass is 353 g/mol. The third-order valence-electron chi connectivity index (χ3n) is 5.73. The molecule has 2 aliphatic heterocycles. The number of hydrogen-bond acceptors (Lipinski definition) is 4. The molecule has 2 aromatic rings. The summed E-state index contributed by atoms with van der Waals surface area (Å²) in [6.07, 6.45) is 1.45. The van der Waals surface area contributed by atoms with Crippen LogP contribution in [0.4, 0.5) is 5.69 Å². The predicted molar refractivity (Wildman–Crippen MR) is 101 cm³/mol. The average Bonchev–Trinajstić information content (AvgIpc) is 3.06. The Balaban J connectivity index is 1.54. The summed E-state index contributed by atoms with van der Waals surface area (Å²) in [7, 11) is 1.87. The fraction of sp³-hybridized carbons (Fsp3) is 0.550. The second kappa shape index (κ2) is 6.50. The quantitative estimate of drug-likeness (QED) is 0.851. The van der Waals surface area contributed by atoms with Crippen LogP contribution in [0.2, 0.25) is 0 Å². The largest absolute Gasteiger partial charge is 0.315 e. The van der Waals surface area contributed by atoms with E-state index in [2.05, 4.69) is 58.6 Å². The first-order valence-corrected chi connectivity index (χ1v) is 9.51. The highest BCUT2D eigenvalue weighted by Crippen LogP contribution is 2.31. The number of benzene rings is 1. The molecule has 0 N–H and O–H groups in total. The number of aromatic nitrogens is 3. The second-order valence-electron chi connectivity index (χ2n) is 7.79. The number of carbonyl (C=O) groups excluding carboxylic acids is 1. The molecule has 1 amide bonds. The van der Waals surface area contributed by atoms with E-state index in [1.807, 2.05) is 7.05 Å². The molecular weight excluding hydrogens is 326 g/mol. The number of fused-ring (bicyclic) bond motifs is 2. The SMILES string of the molecule is CC(C)c1nnc2n1CCN(Cc1ccc3c(c1)CCC(=O)N3C)C2C. The summed E-state index contributed by atoms with van der Waals surface area (Å²) in [6.45, 7) is 9.40. The van der Waals surface area contributed by atoms with Crippen LogP contribution in [-0.2, 0) is 24.3 Å². The Bertz CT molecular complexity index is 841. The van der Waals surface area contributed by atoms with Crippen LogP contribution in [0.5, 0.6) is 0 Å². The molecule has 0 radical (unpaired) electrons. The van der Waals surface area contributed by atoms with Crippen LogP contribution in [-0.4, -0.2) is 39.2 Å². The third kappa shape index (κ3) is 2.82. The summed E-state index contributed by atoms with van der Waals surface area (Å²) in [6, 6.07) is 6.77. The first-order valence-electron chi connectivity index (χ1n) is 9.51. The van der Waals surface area contributed by atoms with E-state index in [0.717, 1.165) is 43.4 Å². The van der Waals surface area contributed by atoms with Crippen LogP contribution in [0, 0.1) is 0 Å². The van der Waals surface area contributed by atoms with Gasteiger partial charge in [-0.15, -0.1) is 10.2 Å². The molecule has 1 aromatic heterocycles. The molecule has 1 unspecified atom stereocenters. The van der Waals surface area contributed by atoms with Crippen LogP contribution in [0.15, 0.2) is 18.2 Å². The maximum atomic E-state index is 11.9. The van der Waals surface area contributed by atoms with Gasteiger partial charge in [-0.1, -0.05) is 26.0 Å². The fourth-order valence-corrected chi connectivity index (χ4v) is 4.14. The Labute approximate surface area is 154 Å². The van der Waals surface area contributed by atoms with E-state index >= 15 is 0 Å². The van der Waals surface area contributed by atoms with Gasteiger partial charge in [0.2, 0.25) is 5.91 Å². The zero-order chi connectivity index (χ0) is 18.4. The Morgan fingerprint density at radius 2 is 2.00 bits per heavy atom. The molecule has 26 heavy (non-hydrogen) atoms. The van der Waals surface area contributed by atoms with Crippen molar-refractivity contribution in [3.63, 3.8) is 0 Å². The van der Waals surface area contributed by atoms with Crippen molar-refractivity contribution in [2.45, 2.75) is 58.7 Å². The summed E-state index contributed by atoms with van der Waals surface area (Å²) >= 11 is 0. The molecule has 1 aromatic carbocycles. The number of rotatable bonds is 3. The zero-order valence-electron chi connectivity index (χ0n) is 16.1. The van der Waals surface area contributed by atoms with Crippen LogP contribution in [0.1, 0.15) is 61.9 Å². The maximum Gasteiger partial charge on any atom is 0.227 e. The van der Waals surface area contributed by atoms with E-state index in [4.69, 9.17) is 0 Å². The van der Waals surface area contributed by atoms with E-state index in [1.165, 1.54) is 11.1 Å². The van der Waals surface area contributed by atoms with E-state index in [9.17, 15) is 4.79 Å². The third-order valence-corrected chi connectivity index (χ3v) is 5.73. The molecule has 0 saturated heterocycles. The van der Waals surface area contributed by atoms with Gasteiger partial charge in [0, 0.05) is 44.7 Å². The van der Waals surface area contributed by atoms with Crippen molar-refractivity contribution in [1.29, 1.82) is 0 Å². The number of nitrogens with zero attached hydrogens (tertiary/aromatic N) is 5. The van der Waals surface area contributed by atoms with Crippen molar-refractivity contribution in [2.75, 3.05) is 18.5 Å². The van der Waals surface area contributed by atoms with Crippen LogP contribution < -0.4 is 4.90 Å². The van der Waals surface area contributed by atoms with Crippen molar-refractivity contribution in [2.24, 2.45) is 0 Å². The van der Waals surface area contributed by atoms with Gasteiger partial charge in [0.05, 0.1) is 6.04 Å². The molecule has 0 bridgehead atoms. The van der Waals surface area contributed by atoms with Crippen LogP contribution >= 0.6 is 0 Å². The van der Waals surface area contributed by atoms with Gasteiger partial charge >= 0.3 is 0 Å². The lowest BCUT2D eigenvalue weighted by atomic mass is 9.98. The van der Waals surface area contributed by atoms with Gasteiger partial charge in [-0.05, 0) is 30.5 Å². The number of hydrogen-bond donors (Lipinski definition) is 0. The standard InChI is InChI=1S/C20H27N5O/c1-13(2)19-21-22-20-14(3)24(9-10-25(19)20)12-15-5-7-17-16(11-15)6-8-18(26)23(17)4/h5,7,11,13-14H,6,8-10,12H2,1-4H3. The van der Waals surface area contributed by atoms with Gasteiger partial charge in [-0.2, -0.15) is 0 Å². The average molecular weight is 353 g/mol. The van der Waals surface area contributed by atoms with Gasteiger partial charge in [-0.3, -0.25) is 9.69 Å². The molecule has 138 valence electrons. The van der Waals surface area contributed by atoms with Gasteiger partial charge in [0.15, 0.2) is 0 Å². The molecule has 1 atom stereocenters. The van der Waals surface area contributed by atoms with E-state index in [-0.39, 0.29) is 11.9 Å². The molecule has 0 fully saturated rings. The molecule has 6 heteroatoms. The first-order chi connectivity index (χ1) is 12.5. The summed E-state index contributed by atoms with van der Waals surface area (Å²) < 4.78 is 2.29. The topological polar surface area (TPSA) is 54.3 Å². The Morgan fingerprint density at radius 3 is 2.77 bits per heavy atom. The summed E-state index contributed by atoms with van der Waals surface area (Å²) in [5.41, 5.74) is 3.63. The van der Waals surface area contributed by atoms with E-state index in [0.29, 0.717) is 12.3 Å². The van der Waals surface area contributed by atoms with Crippen molar-refractivity contribution >= 4 is 11.6 Å². The van der Waals surface area contributed by atoms with Gasteiger partial charge < -0.3 is 9.47 Å². The number of anilines is 1. The van der Waals surface area contributed by atoms with Gasteiger partial charge in [-0.25, -0.2) is 0 Å². The highest BCUT2D eigenvalue weighted by atomic mass is 16.2. The molecule has 0 aliphatic carbocycles. The molecule has 6 nitrogen and oxygen atoms in total. The fourth-order valence-electron chi connectivity index (χ4n) is 4.14. The molecule has 2 aliphatic rings. The number of aryl methyl sites for hydroxylation is 1. The molecule has 0 saturated carbocycles. The lowest BCUT2D eigenvalue weighted by Gasteiger charge is -2.34. The van der Waals surface area contributed by atoms with Crippen LogP contribution in [0.3, 0.4) is 0 Å². The van der Waals surface area contributed by atoms with Crippen LogP contribution in [0.25, 0.3) is 0 Å². The highest BCUT2D eigenvalue weighted by molar-refractivity contribution is 5.95. The number of amides is 1. The number of carbonyl (C=O) groups is 1. The van der Waals surface area contributed by atoms with Gasteiger partial charge in [0.25, 0.3) is 0 Å². The lowest BCUT2D eigenvalue weighted by molar-refractivity contribution is -0.118. The summed E-state index contributed by atoms with van der Waals surface area (Å²) in [4.78, 5) is 16.1. The molecule has 0 spiro atoms.